The van der Waals surface area contributed by atoms with E-state index in [-0.39, 0.29) is 0 Å². The van der Waals surface area contributed by atoms with Crippen LogP contribution in [0.2, 0.25) is 5.02 Å². The first-order valence-electron chi connectivity index (χ1n) is 4.33. The van der Waals surface area contributed by atoms with Gasteiger partial charge in [0.05, 0.1) is 17.0 Å². The average molecular weight is 241 g/mol. The smallest absolute Gasteiger partial charge is 0.146 e. The number of hydrogen-bond donors (Lipinski definition) is 1. The number of halogens is 1. The molecule has 1 aromatic carbocycles. The third-order valence-corrected chi connectivity index (χ3v) is 3.34. The number of nitrogen functional groups attached to an aromatic ring is 1. The van der Waals surface area contributed by atoms with E-state index in [1.165, 1.54) is 0 Å². The molecule has 0 fully saturated rings. The highest BCUT2D eigenvalue weighted by molar-refractivity contribution is 7.98. The molecular weight excluding hydrogens is 232 g/mol. The highest BCUT2D eigenvalue weighted by atomic mass is 35.5. The average Bonchev–Trinajstić information content (AvgIpc) is 2.72. The molecule has 2 N–H and O–H groups in total. The van der Waals surface area contributed by atoms with Crippen molar-refractivity contribution in [2.45, 2.75) is 10.6 Å². The summed E-state index contributed by atoms with van der Waals surface area (Å²) in [6, 6.07) is 7.25. The van der Waals surface area contributed by atoms with Crippen LogP contribution in [0.5, 0.6) is 0 Å². The summed E-state index contributed by atoms with van der Waals surface area (Å²) in [6.45, 7) is 0. The summed E-state index contributed by atoms with van der Waals surface area (Å²) in [7, 11) is 0. The summed E-state index contributed by atoms with van der Waals surface area (Å²) in [5, 5.41) is 4.33. The van der Waals surface area contributed by atoms with Crippen LogP contribution in [-0.2, 0) is 5.75 Å². The van der Waals surface area contributed by atoms with E-state index in [0.29, 0.717) is 16.5 Å². The maximum absolute atomic E-state index is 6.01. The van der Waals surface area contributed by atoms with Gasteiger partial charge >= 0.3 is 0 Å². The van der Waals surface area contributed by atoms with Gasteiger partial charge in [0, 0.05) is 16.6 Å². The van der Waals surface area contributed by atoms with Crippen LogP contribution >= 0.6 is 23.4 Å². The molecular formula is C10H9ClN2OS. The second kappa shape index (κ2) is 4.59. The number of aromatic nitrogens is 1. The molecule has 2 aromatic rings. The summed E-state index contributed by atoms with van der Waals surface area (Å²) >= 11 is 7.59. The fourth-order valence-corrected chi connectivity index (χ4v) is 2.25. The Kier molecular flexibility index (Phi) is 3.18. The second-order valence-corrected chi connectivity index (χ2v) is 4.38. The highest BCUT2D eigenvalue weighted by Crippen LogP contribution is 2.31. The molecule has 3 nitrogen and oxygen atoms in total. The molecule has 15 heavy (non-hydrogen) atoms. The molecule has 1 heterocycles. The number of rotatable bonds is 3. The lowest BCUT2D eigenvalue weighted by molar-refractivity contribution is 0.395. The Morgan fingerprint density at radius 1 is 1.40 bits per heavy atom. The van der Waals surface area contributed by atoms with Crippen LogP contribution in [0.15, 0.2) is 39.9 Å². The highest BCUT2D eigenvalue weighted by Gasteiger charge is 2.04. The first-order valence-corrected chi connectivity index (χ1v) is 5.69. The van der Waals surface area contributed by atoms with Gasteiger partial charge in [-0.3, -0.25) is 0 Å². The summed E-state index contributed by atoms with van der Waals surface area (Å²) in [4.78, 5) is 0.952. The minimum atomic E-state index is 0.698. The van der Waals surface area contributed by atoms with Crippen LogP contribution in [0, 0.1) is 0 Å². The minimum Gasteiger partial charge on any atom is -0.399 e. The van der Waals surface area contributed by atoms with E-state index >= 15 is 0 Å². The number of benzene rings is 1. The monoisotopic (exact) mass is 240 g/mol. The molecule has 0 spiro atoms. The summed E-state index contributed by atoms with van der Waals surface area (Å²) in [5.41, 5.74) is 6.38. The van der Waals surface area contributed by atoms with Crippen molar-refractivity contribution in [1.29, 1.82) is 0 Å². The van der Waals surface area contributed by atoms with Crippen molar-refractivity contribution in [2.24, 2.45) is 0 Å². The van der Waals surface area contributed by atoms with Gasteiger partial charge in [0.25, 0.3) is 0 Å². The second-order valence-electron chi connectivity index (χ2n) is 2.96. The number of nitrogens with two attached hydrogens (primary N) is 1. The van der Waals surface area contributed by atoms with E-state index in [0.717, 1.165) is 10.7 Å². The quantitative estimate of drug-likeness (QED) is 0.661. The summed E-state index contributed by atoms with van der Waals surface area (Å²) in [6.07, 6.45) is 1.62. The van der Waals surface area contributed by atoms with Crippen LogP contribution in [0.4, 0.5) is 5.69 Å². The Bertz CT molecular complexity index is 445. The van der Waals surface area contributed by atoms with Gasteiger partial charge in [0.2, 0.25) is 0 Å². The fourth-order valence-electron chi connectivity index (χ4n) is 1.10. The number of anilines is 1. The minimum absolute atomic E-state index is 0.698. The predicted molar refractivity (Wildman–Crippen MR) is 61.9 cm³/mol. The van der Waals surface area contributed by atoms with E-state index < -0.39 is 0 Å². The molecule has 1 aromatic heterocycles. The molecule has 0 amide bonds. The van der Waals surface area contributed by atoms with Crippen LogP contribution in [0.1, 0.15) is 5.76 Å². The maximum atomic E-state index is 6.01. The third-order valence-electron chi connectivity index (χ3n) is 1.82. The Hall–Kier alpha value is -1.13. The Morgan fingerprint density at radius 3 is 3.00 bits per heavy atom. The van der Waals surface area contributed by atoms with Gasteiger partial charge in [-0.2, -0.15) is 0 Å². The van der Waals surface area contributed by atoms with E-state index in [1.807, 2.05) is 12.1 Å². The number of hydrogen-bond acceptors (Lipinski definition) is 4. The molecule has 0 saturated heterocycles. The van der Waals surface area contributed by atoms with Crippen molar-refractivity contribution in [3.05, 3.63) is 41.2 Å². The van der Waals surface area contributed by atoms with E-state index in [2.05, 4.69) is 5.16 Å². The Morgan fingerprint density at radius 2 is 2.27 bits per heavy atom. The van der Waals surface area contributed by atoms with Crippen LogP contribution in [0.3, 0.4) is 0 Å². The summed E-state index contributed by atoms with van der Waals surface area (Å²) < 4.78 is 4.98. The molecule has 0 atom stereocenters. The van der Waals surface area contributed by atoms with Crippen molar-refractivity contribution in [3.8, 4) is 0 Å². The fraction of sp³-hybridized carbons (Fsp3) is 0.100. The first kappa shape index (κ1) is 10.4. The van der Waals surface area contributed by atoms with Crippen molar-refractivity contribution in [1.82, 2.24) is 5.16 Å². The maximum Gasteiger partial charge on any atom is 0.146 e. The van der Waals surface area contributed by atoms with Crippen molar-refractivity contribution >= 4 is 29.1 Å². The topological polar surface area (TPSA) is 52.0 Å². The van der Waals surface area contributed by atoms with Crippen LogP contribution < -0.4 is 5.73 Å². The first-order chi connectivity index (χ1) is 7.25. The molecule has 0 bridgehead atoms. The van der Waals surface area contributed by atoms with Gasteiger partial charge < -0.3 is 10.3 Å². The van der Waals surface area contributed by atoms with Gasteiger partial charge in [-0.25, -0.2) is 0 Å². The zero-order valence-electron chi connectivity index (χ0n) is 7.81. The Balaban J connectivity index is 2.07. The van der Waals surface area contributed by atoms with Crippen LogP contribution in [-0.4, -0.2) is 5.16 Å². The lowest BCUT2D eigenvalue weighted by Gasteiger charge is -2.03. The summed E-state index contributed by atoms with van der Waals surface area (Å²) in [5.74, 6) is 1.52. The largest absolute Gasteiger partial charge is 0.399 e. The third kappa shape index (κ3) is 2.67. The molecule has 2 rings (SSSR count). The lowest BCUT2D eigenvalue weighted by Crippen LogP contribution is -1.85. The van der Waals surface area contributed by atoms with Gasteiger partial charge in [0.1, 0.15) is 5.76 Å². The van der Waals surface area contributed by atoms with Crippen molar-refractivity contribution in [3.63, 3.8) is 0 Å². The van der Waals surface area contributed by atoms with Crippen molar-refractivity contribution in [2.75, 3.05) is 5.73 Å². The molecule has 78 valence electrons. The van der Waals surface area contributed by atoms with Crippen LogP contribution in [0.25, 0.3) is 0 Å². The van der Waals surface area contributed by atoms with Gasteiger partial charge in [-0.15, -0.1) is 11.8 Å². The normalized spacial score (nSPS) is 10.5. The van der Waals surface area contributed by atoms with Gasteiger partial charge in [-0.05, 0) is 18.2 Å². The van der Waals surface area contributed by atoms with E-state index in [9.17, 15) is 0 Å². The molecule has 0 aliphatic carbocycles. The van der Waals surface area contributed by atoms with Gasteiger partial charge in [-0.1, -0.05) is 16.8 Å². The molecule has 0 radical (unpaired) electrons. The molecule has 0 unspecified atom stereocenters. The standard InChI is InChI=1S/C10H9ClN2OS/c11-9-2-1-7(12)5-10(9)15-6-8-3-4-13-14-8/h1-5H,6,12H2. The Labute approximate surface area is 96.6 Å². The van der Waals surface area contributed by atoms with E-state index in [4.69, 9.17) is 21.9 Å². The van der Waals surface area contributed by atoms with Crippen molar-refractivity contribution < 1.29 is 4.52 Å². The SMILES string of the molecule is Nc1ccc(Cl)c(SCc2ccno2)c1. The molecule has 0 aliphatic rings. The number of thioether (sulfide) groups is 1. The van der Waals surface area contributed by atoms with Gasteiger partial charge in [0.15, 0.2) is 0 Å². The predicted octanol–water partition coefficient (Wildman–Crippen LogP) is 3.20. The zero-order valence-corrected chi connectivity index (χ0v) is 9.39. The van der Waals surface area contributed by atoms with E-state index in [1.54, 1.807) is 30.1 Å². The molecule has 0 saturated carbocycles. The molecule has 5 heteroatoms. The molecule has 0 aliphatic heterocycles. The number of nitrogens with zero attached hydrogens (tertiary/aromatic N) is 1. The lowest BCUT2D eigenvalue weighted by atomic mass is 10.3. The zero-order chi connectivity index (χ0) is 10.7.